The summed E-state index contributed by atoms with van der Waals surface area (Å²) in [5, 5.41) is 4.20. The summed E-state index contributed by atoms with van der Waals surface area (Å²) >= 11 is 1.66. The van der Waals surface area contributed by atoms with Crippen LogP contribution in [0.3, 0.4) is 0 Å². The zero-order valence-electron chi connectivity index (χ0n) is 11.5. The molecular formula is C15H14FN3S. The van der Waals surface area contributed by atoms with Gasteiger partial charge in [0.2, 0.25) is 0 Å². The van der Waals surface area contributed by atoms with Gasteiger partial charge in [-0.2, -0.15) is 0 Å². The molecule has 0 radical (unpaired) electrons. The minimum atomic E-state index is -0.258. The highest BCUT2D eigenvalue weighted by molar-refractivity contribution is 7.18. The zero-order chi connectivity index (χ0) is 14.3. The Morgan fingerprint density at radius 1 is 1.10 bits per heavy atom. The Hall–Kier alpha value is -2.01. The minimum Gasteiger partial charge on any atom is -0.372 e. The first-order valence-corrected chi connectivity index (χ1v) is 7.13. The van der Waals surface area contributed by atoms with E-state index in [1.54, 1.807) is 23.5 Å². The highest BCUT2D eigenvalue weighted by Gasteiger charge is 2.14. The summed E-state index contributed by atoms with van der Waals surface area (Å²) in [6, 6.07) is 6.24. The lowest BCUT2D eigenvalue weighted by Crippen LogP contribution is -1.98. The standard InChI is InChI=1S/C15H14FN3S/c1-8-9(2)20-15-12(8)14(17-3)18-13(19-15)10-4-6-11(16)7-5-10/h4-7H,1-3H3,(H,17,18,19). The maximum Gasteiger partial charge on any atom is 0.163 e. The van der Waals surface area contributed by atoms with Gasteiger partial charge in [0.1, 0.15) is 16.5 Å². The molecule has 0 saturated heterocycles. The number of benzene rings is 1. The Kier molecular flexibility index (Phi) is 3.14. The second-order valence-corrected chi connectivity index (χ2v) is 5.82. The quantitative estimate of drug-likeness (QED) is 0.769. The van der Waals surface area contributed by atoms with Gasteiger partial charge in [-0.3, -0.25) is 0 Å². The molecule has 0 atom stereocenters. The van der Waals surface area contributed by atoms with Crippen LogP contribution in [0, 0.1) is 19.7 Å². The van der Waals surface area contributed by atoms with Crippen LogP contribution in [0.5, 0.6) is 0 Å². The van der Waals surface area contributed by atoms with Crippen LogP contribution in [0.2, 0.25) is 0 Å². The molecule has 0 aliphatic heterocycles. The molecule has 3 rings (SSSR count). The van der Waals surface area contributed by atoms with Crippen LogP contribution in [0.4, 0.5) is 10.2 Å². The fraction of sp³-hybridized carbons (Fsp3) is 0.200. The van der Waals surface area contributed by atoms with Crippen LogP contribution in [-0.2, 0) is 0 Å². The van der Waals surface area contributed by atoms with E-state index in [1.807, 2.05) is 7.05 Å². The molecule has 0 amide bonds. The van der Waals surface area contributed by atoms with Crippen molar-refractivity contribution in [3.05, 3.63) is 40.5 Å². The molecule has 0 aliphatic rings. The molecule has 0 fully saturated rings. The maximum absolute atomic E-state index is 13.0. The van der Waals surface area contributed by atoms with E-state index in [-0.39, 0.29) is 5.82 Å². The average molecular weight is 287 g/mol. The summed E-state index contributed by atoms with van der Waals surface area (Å²) in [4.78, 5) is 11.4. The number of thiophene rings is 1. The highest BCUT2D eigenvalue weighted by Crippen LogP contribution is 2.34. The van der Waals surface area contributed by atoms with Gasteiger partial charge in [-0.25, -0.2) is 14.4 Å². The summed E-state index contributed by atoms with van der Waals surface area (Å²) in [7, 11) is 1.85. The van der Waals surface area contributed by atoms with Crippen LogP contribution in [0.25, 0.3) is 21.6 Å². The number of aromatic nitrogens is 2. The number of nitrogens with one attached hydrogen (secondary N) is 1. The fourth-order valence-electron chi connectivity index (χ4n) is 2.16. The Balaban J connectivity index is 2.25. The lowest BCUT2D eigenvalue weighted by molar-refractivity contribution is 0.628. The van der Waals surface area contributed by atoms with Gasteiger partial charge in [0.15, 0.2) is 5.82 Å². The molecule has 0 spiro atoms. The van der Waals surface area contributed by atoms with Gasteiger partial charge in [0.25, 0.3) is 0 Å². The van der Waals surface area contributed by atoms with E-state index in [9.17, 15) is 4.39 Å². The molecule has 5 heteroatoms. The number of rotatable bonds is 2. The van der Waals surface area contributed by atoms with Gasteiger partial charge in [-0.15, -0.1) is 11.3 Å². The van der Waals surface area contributed by atoms with Gasteiger partial charge >= 0.3 is 0 Å². The molecule has 2 heterocycles. The number of fused-ring (bicyclic) bond motifs is 1. The van der Waals surface area contributed by atoms with Crippen molar-refractivity contribution in [1.82, 2.24) is 9.97 Å². The van der Waals surface area contributed by atoms with Crippen LogP contribution >= 0.6 is 11.3 Å². The highest BCUT2D eigenvalue weighted by atomic mass is 32.1. The third kappa shape index (κ3) is 2.04. The Morgan fingerprint density at radius 2 is 1.80 bits per heavy atom. The smallest absolute Gasteiger partial charge is 0.163 e. The number of hydrogen-bond donors (Lipinski definition) is 1. The molecule has 20 heavy (non-hydrogen) atoms. The fourth-order valence-corrected chi connectivity index (χ4v) is 3.19. The molecule has 0 saturated carbocycles. The Morgan fingerprint density at radius 3 is 2.45 bits per heavy atom. The summed E-state index contributed by atoms with van der Waals surface area (Å²) in [6.07, 6.45) is 0. The van der Waals surface area contributed by atoms with Crippen molar-refractivity contribution < 1.29 is 4.39 Å². The van der Waals surface area contributed by atoms with Gasteiger partial charge in [-0.05, 0) is 43.7 Å². The lowest BCUT2D eigenvalue weighted by atomic mass is 10.2. The first kappa shape index (κ1) is 13.0. The third-order valence-electron chi connectivity index (χ3n) is 3.37. The first-order chi connectivity index (χ1) is 9.60. The van der Waals surface area contributed by atoms with E-state index >= 15 is 0 Å². The lowest BCUT2D eigenvalue weighted by Gasteiger charge is -2.06. The van der Waals surface area contributed by atoms with E-state index < -0.39 is 0 Å². The average Bonchev–Trinajstić information content (AvgIpc) is 2.74. The van der Waals surface area contributed by atoms with Crippen molar-refractivity contribution in [3.8, 4) is 11.4 Å². The number of nitrogens with zero attached hydrogens (tertiary/aromatic N) is 2. The summed E-state index contributed by atoms with van der Waals surface area (Å²) in [5.41, 5.74) is 2.02. The van der Waals surface area contributed by atoms with Crippen molar-refractivity contribution >= 4 is 27.4 Å². The van der Waals surface area contributed by atoms with Crippen LogP contribution in [0.1, 0.15) is 10.4 Å². The molecule has 102 valence electrons. The molecule has 1 N–H and O–H groups in total. The number of anilines is 1. The number of aryl methyl sites for hydroxylation is 2. The van der Waals surface area contributed by atoms with Gasteiger partial charge in [-0.1, -0.05) is 0 Å². The van der Waals surface area contributed by atoms with E-state index in [0.29, 0.717) is 5.82 Å². The molecule has 1 aromatic carbocycles. The molecule has 0 unspecified atom stereocenters. The Bertz CT molecular complexity index is 778. The molecule has 3 aromatic rings. The van der Waals surface area contributed by atoms with E-state index in [0.717, 1.165) is 21.6 Å². The molecule has 0 bridgehead atoms. The van der Waals surface area contributed by atoms with Crippen molar-refractivity contribution in [2.24, 2.45) is 0 Å². The van der Waals surface area contributed by atoms with Crippen LogP contribution in [-0.4, -0.2) is 17.0 Å². The summed E-state index contributed by atoms with van der Waals surface area (Å²) in [6.45, 7) is 4.16. The number of halogens is 1. The van der Waals surface area contributed by atoms with Crippen molar-refractivity contribution in [1.29, 1.82) is 0 Å². The van der Waals surface area contributed by atoms with Crippen LogP contribution < -0.4 is 5.32 Å². The van der Waals surface area contributed by atoms with E-state index in [2.05, 4.69) is 29.1 Å². The van der Waals surface area contributed by atoms with Crippen molar-refractivity contribution in [3.63, 3.8) is 0 Å². The molecular weight excluding hydrogens is 273 g/mol. The van der Waals surface area contributed by atoms with Gasteiger partial charge < -0.3 is 5.32 Å². The second-order valence-electron chi connectivity index (χ2n) is 4.62. The predicted octanol–water partition coefficient (Wildman–Crippen LogP) is 4.16. The van der Waals surface area contributed by atoms with E-state index in [4.69, 9.17) is 0 Å². The Labute approximate surface area is 120 Å². The monoisotopic (exact) mass is 287 g/mol. The minimum absolute atomic E-state index is 0.258. The van der Waals surface area contributed by atoms with Gasteiger partial charge in [0.05, 0.1) is 5.39 Å². The van der Waals surface area contributed by atoms with Gasteiger partial charge in [0, 0.05) is 17.5 Å². The summed E-state index contributed by atoms with van der Waals surface area (Å²) in [5.74, 6) is 1.17. The van der Waals surface area contributed by atoms with Crippen molar-refractivity contribution in [2.45, 2.75) is 13.8 Å². The normalized spacial score (nSPS) is 11.0. The molecule has 0 aliphatic carbocycles. The molecule has 2 aromatic heterocycles. The van der Waals surface area contributed by atoms with Crippen LogP contribution in [0.15, 0.2) is 24.3 Å². The molecule has 3 nitrogen and oxygen atoms in total. The zero-order valence-corrected chi connectivity index (χ0v) is 12.3. The van der Waals surface area contributed by atoms with E-state index in [1.165, 1.54) is 22.6 Å². The second kappa shape index (κ2) is 4.83. The largest absolute Gasteiger partial charge is 0.372 e. The topological polar surface area (TPSA) is 37.8 Å². The number of hydrogen-bond acceptors (Lipinski definition) is 4. The predicted molar refractivity (Wildman–Crippen MR) is 81.8 cm³/mol. The maximum atomic E-state index is 13.0. The third-order valence-corrected chi connectivity index (χ3v) is 4.47. The first-order valence-electron chi connectivity index (χ1n) is 6.31. The SMILES string of the molecule is CNc1nc(-c2ccc(F)cc2)nc2sc(C)c(C)c12. The summed E-state index contributed by atoms with van der Waals surface area (Å²) < 4.78 is 13.0. The van der Waals surface area contributed by atoms with Crippen molar-refractivity contribution in [2.75, 3.05) is 12.4 Å².